The molecule has 1 saturated heterocycles. The van der Waals surface area contributed by atoms with Crippen molar-refractivity contribution in [3.05, 3.63) is 29.8 Å². The van der Waals surface area contributed by atoms with Crippen LogP contribution in [0.1, 0.15) is 12.8 Å². The Morgan fingerprint density at radius 3 is 2.67 bits per heavy atom. The molecule has 3 N–H and O–H groups in total. The Morgan fingerprint density at radius 1 is 1.33 bits per heavy atom. The number of rotatable bonds is 2. The zero-order chi connectivity index (χ0) is 13.0. The second-order valence-corrected chi connectivity index (χ2v) is 4.24. The summed E-state index contributed by atoms with van der Waals surface area (Å²) in [4.78, 5) is 11.6. The molecule has 0 spiro atoms. The van der Waals surface area contributed by atoms with Crippen LogP contribution >= 0.6 is 0 Å². The zero-order valence-electron chi connectivity index (χ0n) is 9.80. The fraction of sp³-hybridized carbons (Fsp3) is 0.417. The molecular formula is C12H15F2N3O. The first-order valence-corrected chi connectivity index (χ1v) is 5.89. The number of hydrogen-bond acceptors (Lipinski definition) is 2. The fourth-order valence-corrected chi connectivity index (χ4v) is 1.93. The van der Waals surface area contributed by atoms with Crippen LogP contribution in [0.5, 0.6) is 0 Å². The van der Waals surface area contributed by atoms with Gasteiger partial charge in [0.1, 0.15) is 17.3 Å². The Morgan fingerprint density at radius 2 is 2.06 bits per heavy atom. The number of carbonyl (C=O) groups is 1. The third-order valence-electron chi connectivity index (χ3n) is 2.83. The van der Waals surface area contributed by atoms with E-state index in [1.165, 1.54) is 6.07 Å². The maximum atomic E-state index is 13.3. The van der Waals surface area contributed by atoms with Gasteiger partial charge in [0.2, 0.25) is 0 Å². The topological polar surface area (TPSA) is 53.2 Å². The Labute approximate surface area is 104 Å². The lowest BCUT2D eigenvalue weighted by atomic mass is 10.1. The molecular weight excluding hydrogens is 240 g/mol. The number of nitrogens with one attached hydrogen (secondary N) is 3. The number of anilines is 1. The van der Waals surface area contributed by atoms with Crippen LogP contribution in [0.15, 0.2) is 18.2 Å². The molecule has 1 heterocycles. The van der Waals surface area contributed by atoms with Gasteiger partial charge in [-0.15, -0.1) is 0 Å². The van der Waals surface area contributed by atoms with E-state index in [0.29, 0.717) is 6.54 Å². The van der Waals surface area contributed by atoms with Gasteiger partial charge in [0.25, 0.3) is 0 Å². The van der Waals surface area contributed by atoms with Gasteiger partial charge >= 0.3 is 6.03 Å². The van der Waals surface area contributed by atoms with E-state index >= 15 is 0 Å². The molecule has 6 heteroatoms. The predicted molar refractivity (Wildman–Crippen MR) is 64.4 cm³/mol. The predicted octanol–water partition coefficient (Wildman–Crippen LogP) is 1.84. The minimum atomic E-state index is -0.785. The normalized spacial score (nSPS) is 19.3. The number of carbonyl (C=O) groups excluding carboxylic acids is 1. The summed E-state index contributed by atoms with van der Waals surface area (Å²) in [6.45, 7) is 1.61. The molecule has 0 radical (unpaired) electrons. The zero-order valence-corrected chi connectivity index (χ0v) is 9.80. The van der Waals surface area contributed by atoms with Crippen molar-refractivity contribution in [2.75, 3.05) is 18.4 Å². The van der Waals surface area contributed by atoms with Crippen molar-refractivity contribution in [3.8, 4) is 0 Å². The molecule has 98 valence electrons. The average Bonchev–Trinajstić information content (AvgIpc) is 2.35. The van der Waals surface area contributed by atoms with Crippen LogP contribution in [0, 0.1) is 11.6 Å². The summed E-state index contributed by atoms with van der Waals surface area (Å²) in [6, 6.07) is 2.85. The van der Waals surface area contributed by atoms with E-state index in [1.807, 2.05) is 0 Å². The second-order valence-electron chi connectivity index (χ2n) is 4.24. The molecule has 18 heavy (non-hydrogen) atoms. The number of para-hydroxylation sites is 1. The summed E-state index contributed by atoms with van der Waals surface area (Å²) in [6.07, 6.45) is 1.83. The molecule has 0 saturated carbocycles. The number of urea groups is 1. The van der Waals surface area contributed by atoms with Gasteiger partial charge in [-0.1, -0.05) is 6.07 Å². The lowest BCUT2D eigenvalue weighted by Crippen LogP contribution is -2.47. The minimum absolute atomic E-state index is 0.00594. The van der Waals surface area contributed by atoms with Crippen molar-refractivity contribution in [3.63, 3.8) is 0 Å². The molecule has 2 amide bonds. The van der Waals surface area contributed by atoms with Gasteiger partial charge in [-0.2, -0.15) is 0 Å². The summed E-state index contributed by atoms with van der Waals surface area (Å²) in [5.74, 6) is -1.57. The SMILES string of the molecule is O=C(Nc1c(F)cccc1F)NC1CCCNC1. The van der Waals surface area contributed by atoms with E-state index in [0.717, 1.165) is 31.5 Å². The summed E-state index contributed by atoms with van der Waals surface area (Å²) in [7, 11) is 0. The molecule has 1 aliphatic rings. The van der Waals surface area contributed by atoms with E-state index in [9.17, 15) is 13.6 Å². The van der Waals surface area contributed by atoms with Crippen molar-refractivity contribution in [2.24, 2.45) is 0 Å². The van der Waals surface area contributed by atoms with Gasteiger partial charge in [0, 0.05) is 12.6 Å². The van der Waals surface area contributed by atoms with Crippen LogP contribution in [0.2, 0.25) is 0 Å². The second kappa shape index (κ2) is 5.77. The third-order valence-corrected chi connectivity index (χ3v) is 2.83. The number of hydrogen-bond donors (Lipinski definition) is 3. The Hall–Kier alpha value is -1.69. The Bertz CT molecular complexity index is 413. The quantitative estimate of drug-likeness (QED) is 0.755. The van der Waals surface area contributed by atoms with Crippen LogP contribution in [0.25, 0.3) is 0 Å². The smallest absolute Gasteiger partial charge is 0.319 e. The number of halogens is 2. The van der Waals surface area contributed by atoms with Gasteiger partial charge in [0.05, 0.1) is 0 Å². The highest BCUT2D eigenvalue weighted by Gasteiger charge is 2.17. The molecule has 1 aromatic carbocycles. The van der Waals surface area contributed by atoms with E-state index in [2.05, 4.69) is 16.0 Å². The summed E-state index contributed by atoms with van der Waals surface area (Å²) < 4.78 is 26.6. The number of amides is 2. The first-order chi connectivity index (χ1) is 8.66. The lowest BCUT2D eigenvalue weighted by Gasteiger charge is -2.23. The number of benzene rings is 1. The van der Waals surface area contributed by atoms with Crippen molar-refractivity contribution < 1.29 is 13.6 Å². The maximum absolute atomic E-state index is 13.3. The largest absolute Gasteiger partial charge is 0.334 e. The van der Waals surface area contributed by atoms with Gasteiger partial charge in [-0.05, 0) is 31.5 Å². The first kappa shape index (κ1) is 12.8. The van der Waals surface area contributed by atoms with Gasteiger partial charge in [-0.25, -0.2) is 13.6 Å². The summed E-state index contributed by atoms with van der Waals surface area (Å²) in [5, 5.41) is 8.01. The van der Waals surface area contributed by atoms with Crippen molar-refractivity contribution >= 4 is 11.7 Å². The van der Waals surface area contributed by atoms with Crippen LogP contribution < -0.4 is 16.0 Å². The summed E-state index contributed by atoms with van der Waals surface area (Å²) >= 11 is 0. The monoisotopic (exact) mass is 255 g/mol. The molecule has 1 aromatic rings. The molecule has 1 aliphatic heterocycles. The third kappa shape index (κ3) is 3.16. The van der Waals surface area contributed by atoms with E-state index < -0.39 is 23.4 Å². The molecule has 1 atom stereocenters. The van der Waals surface area contributed by atoms with Gasteiger partial charge < -0.3 is 16.0 Å². The van der Waals surface area contributed by atoms with Crippen LogP contribution in [0.3, 0.4) is 0 Å². The van der Waals surface area contributed by atoms with E-state index in [1.54, 1.807) is 0 Å². The molecule has 1 fully saturated rings. The first-order valence-electron chi connectivity index (χ1n) is 5.89. The highest BCUT2D eigenvalue weighted by Crippen LogP contribution is 2.17. The average molecular weight is 255 g/mol. The molecule has 0 aromatic heterocycles. The van der Waals surface area contributed by atoms with E-state index in [4.69, 9.17) is 0 Å². The molecule has 4 nitrogen and oxygen atoms in total. The maximum Gasteiger partial charge on any atom is 0.319 e. The molecule has 2 rings (SSSR count). The standard InChI is InChI=1S/C12H15F2N3O/c13-9-4-1-5-10(14)11(9)17-12(18)16-8-3-2-6-15-7-8/h1,4-5,8,15H,2-3,6-7H2,(H2,16,17,18). The van der Waals surface area contributed by atoms with Crippen LogP contribution in [-0.4, -0.2) is 25.2 Å². The highest BCUT2D eigenvalue weighted by molar-refractivity contribution is 5.89. The van der Waals surface area contributed by atoms with Crippen molar-refractivity contribution in [1.82, 2.24) is 10.6 Å². The van der Waals surface area contributed by atoms with Crippen molar-refractivity contribution in [2.45, 2.75) is 18.9 Å². The van der Waals surface area contributed by atoms with Gasteiger partial charge in [0.15, 0.2) is 0 Å². The Balaban J connectivity index is 1.94. The minimum Gasteiger partial charge on any atom is -0.334 e. The van der Waals surface area contributed by atoms with Crippen LogP contribution in [0.4, 0.5) is 19.3 Å². The Kier molecular flexibility index (Phi) is 4.09. The molecule has 1 unspecified atom stereocenters. The number of piperidine rings is 1. The lowest BCUT2D eigenvalue weighted by molar-refractivity contribution is 0.245. The molecule has 0 aliphatic carbocycles. The van der Waals surface area contributed by atoms with Gasteiger partial charge in [-0.3, -0.25) is 0 Å². The molecule has 0 bridgehead atoms. The fourth-order valence-electron chi connectivity index (χ4n) is 1.93. The van der Waals surface area contributed by atoms with Crippen LogP contribution in [-0.2, 0) is 0 Å². The highest BCUT2D eigenvalue weighted by atomic mass is 19.1. The summed E-state index contributed by atoms with van der Waals surface area (Å²) in [5.41, 5.74) is -0.418. The van der Waals surface area contributed by atoms with E-state index in [-0.39, 0.29) is 6.04 Å². The van der Waals surface area contributed by atoms with Crippen molar-refractivity contribution in [1.29, 1.82) is 0 Å².